The van der Waals surface area contributed by atoms with Crippen molar-refractivity contribution in [2.45, 2.75) is 26.7 Å². The molecule has 0 radical (unpaired) electrons. The van der Waals surface area contributed by atoms with Crippen molar-refractivity contribution < 1.29 is 9.90 Å². The molecule has 1 aromatic carbocycles. The summed E-state index contributed by atoms with van der Waals surface area (Å²) in [7, 11) is 0. The summed E-state index contributed by atoms with van der Waals surface area (Å²) in [6, 6.07) is 9.42. The highest BCUT2D eigenvalue weighted by Gasteiger charge is 2.35. The van der Waals surface area contributed by atoms with E-state index in [9.17, 15) is 9.90 Å². The van der Waals surface area contributed by atoms with Crippen molar-refractivity contribution in [2.75, 3.05) is 0 Å². The van der Waals surface area contributed by atoms with Crippen LogP contribution in [0.25, 0.3) is 5.57 Å². The molecule has 3 nitrogen and oxygen atoms in total. The molecule has 0 saturated carbocycles. The molecule has 2 aromatic rings. The first kappa shape index (κ1) is 17.3. The Morgan fingerprint density at radius 1 is 1.28 bits per heavy atom. The Labute approximate surface area is 152 Å². The highest BCUT2D eigenvalue weighted by Crippen LogP contribution is 2.38. The third-order valence-electron chi connectivity index (χ3n) is 4.50. The summed E-state index contributed by atoms with van der Waals surface area (Å²) in [6.07, 6.45) is 2.60. The number of aryl methyl sites for hydroxylation is 2. The van der Waals surface area contributed by atoms with E-state index in [2.05, 4.69) is 16.3 Å². The van der Waals surface area contributed by atoms with Crippen LogP contribution in [0.15, 0.2) is 42.3 Å². The van der Waals surface area contributed by atoms with Gasteiger partial charge >= 0.3 is 0 Å². The SMILES string of the molecule is Cc1cc(C#CCl)cc(C)c1C1=C(O)CC(Cc2ccccn2)C1=O. The number of aliphatic hydroxyl groups is 1. The monoisotopic (exact) mass is 351 g/mol. The van der Waals surface area contributed by atoms with Crippen LogP contribution < -0.4 is 0 Å². The minimum Gasteiger partial charge on any atom is -0.512 e. The van der Waals surface area contributed by atoms with Gasteiger partial charge in [0.1, 0.15) is 5.76 Å². The van der Waals surface area contributed by atoms with Crippen LogP contribution in [0.4, 0.5) is 0 Å². The van der Waals surface area contributed by atoms with Crippen molar-refractivity contribution in [3.05, 3.63) is 70.2 Å². The zero-order valence-electron chi connectivity index (χ0n) is 14.1. The number of allylic oxidation sites excluding steroid dienone is 2. The van der Waals surface area contributed by atoms with Gasteiger partial charge in [-0.15, -0.1) is 0 Å². The lowest BCUT2D eigenvalue weighted by Gasteiger charge is -2.13. The topological polar surface area (TPSA) is 50.2 Å². The summed E-state index contributed by atoms with van der Waals surface area (Å²) in [4.78, 5) is 17.2. The Morgan fingerprint density at radius 3 is 2.60 bits per heavy atom. The molecule has 0 bridgehead atoms. The zero-order chi connectivity index (χ0) is 18.0. The molecule has 1 aromatic heterocycles. The van der Waals surface area contributed by atoms with Crippen LogP contribution >= 0.6 is 11.6 Å². The van der Waals surface area contributed by atoms with Crippen LogP contribution in [0.5, 0.6) is 0 Å². The average Bonchev–Trinajstić information content (AvgIpc) is 2.83. The molecular weight excluding hydrogens is 334 g/mol. The molecule has 0 spiro atoms. The third-order valence-corrected chi connectivity index (χ3v) is 4.60. The van der Waals surface area contributed by atoms with Crippen molar-refractivity contribution in [1.82, 2.24) is 4.98 Å². The maximum absolute atomic E-state index is 12.9. The number of aliphatic hydroxyl groups excluding tert-OH is 1. The van der Waals surface area contributed by atoms with Crippen LogP contribution in [-0.4, -0.2) is 15.9 Å². The van der Waals surface area contributed by atoms with E-state index in [1.807, 2.05) is 44.2 Å². The van der Waals surface area contributed by atoms with E-state index >= 15 is 0 Å². The van der Waals surface area contributed by atoms with E-state index in [0.717, 1.165) is 27.9 Å². The summed E-state index contributed by atoms with van der Waals surface area (Å²) in [5, 5.41) is 12.8. The van der Waals surface area contributed by atoms with Gasteiger partial charge in [-0.2, -0.15) is 0 Å². The fourth-order valence-corrected chi connectivity index (χ4v) is 3.57. The smallest absolute Gasteiger partial charge is 0.170 e. The number of hydrogen-bond donors (Lipinski definition) is 1. The van der Waals surface area contributed by atoms with Gasteiger partial charge in [-0.3, -0.25) is 9.78 Å². The summed E-state index contributed by atoms with van der Waals surface area (Å²) in [5.74, 6) is 2.68. The second-order valence-electron chi connectivity index (χ2n) is 6.32. The Hall–Kier alpha value is -2.57. The lowest BCUT2D eigenvalue weighted by atomic mass is 9.89. The van der Waals surface area contributed by atoms with Gasteiger partial charge in [0.25, 0.3) is 0 Å². The van der Waals surface area contributed by atoms with Gasteiger partial charge in [-0.05, 0) is 72.3 Å². The van der Waals surface area contributed by atoms with Crippen LogP contribution in [0.2, 0.25) is 0 Å². The van der Waals surface area contributed by atoms with Crippen LogP contribution in [0.1, 0.15) is 34.4 Å². The molecule has 1 atom stereocenters. The molecule has 1 aliphatic carbocycles. The zero-order valence-corrected chi connectivity index (χ0v) is 14.9. The van der Waals surface area contributed by atoms with E-state index in [1.54, 1.807) is 6.20 Å². The van der Waals surface area contributed by atoms with Gasteiger partial charge in [-0.1, -0.05) is 6.07 Å². The predicted molar refractivity (Wildman–Crippen MR) is 99.3 cm³/mol. The van der Waals surface area contributed by atoms with Gasteiger partial charge in [0, 0.05) is 41.6 Å². The van der Waals surface area contributed by atoms with E-state index in [-0.39, 0.29) is 17.5 Å². The number of rotatable bonds is 3. The van der Waals surface area contributed by atoms with Gasteiger partial charge in [-0.25, -0.2) is 0 Å². The fourth-order valence-electron chi connectivity index (χ4n) is 3.46. The Bertz CT molecular complexity index is 897. The molecule has 4 heteroatoms. The largest absolute Gasteiger partial charge is 0.512 e. The highest BCUT2D eigenvalue weighted by molar-refractivity contribution is 6.30. The van der Waals surface area contributed by atoms with Gasteiger partial charge in [0.15, 0.2) is 5.78 Å². The predicted octanol–water partition coefficient (Wildman–Crippen LogP) is 4.35. The molecular formula is C21H18ClNO2. The number of nitrogens with zero attached hydrogens (tertiary/aromatic N) is 1. The highest BCUT2D eigenvalue weighted by atomic mass is 35.5. The quantitative estimate of drug-likeness (QED) is 0.836. The molecule has 1 heterocycles. The maximum atomic E-state index is 12.9. The number of halogens is 1. The van der Waals surface area contributed by atoms with Gasteiger partial charge < -0.3 is 5.11 Å². The molecule has 1 unspecified atom stereocenters. The Kier molecular flexibility index (Phi) is 4.92. The van der Waals surface area contributed by atoms with E-state index < -0.39 is 0 Å². The van der Waals surface area contributed by atoms with E-state index in [0.29, 0.717) is 18.4 Å². The molecule has 0 fully saturated rings. The first-order valence-corrected chi connectivity index (χ1v) is 8.48. The van der Waals surface area contributed by atoms with Crippen molar-refractivity contribution in [3.8, 4) is 11.3 Å². The molecule has 1 aliphatic rings. The number of carbonyl (C=O) groups is 1. The molecule has 126 valence electrons. The third kappa shape index (κ3) is 3.45. The summed E-state index contributed by atoms with van der Waals surface area (Å²) < 4.78 is 0. The van der Waals surface area contributed by atoms with Crippen molar-refractivity contribution >= 4 is 23.0 Å². The number of carbonyl (C=O) groups excluding carboxylic acids is 1. The van der Waals surface area contributed by atoms with Gasteiger partial charge in [0.05, 0.1) is 5.57 Å². The molecule has 1 N–H and O–H groups in total. The summed E-state index contributed by atoms with van der Waals surface area (Å²) >= 11 is 5.48. The average molecular weight is 352 g/mol. The first-order chi connectivity index (χ1) is 12.0. The van der Waals surface area contributed by atoms with Crippen LogP contribution in [-0.2, 0) is 11.2 Å². The molecule has 25 heavy (non-hydrogen) atoms. The maximum Gasteiger partial charge on any atom is 0.170 e. The summed E-state index contributed by atoms with van der Waals surface area (Å²) in [5.41, 5.74) is 4.69. The van der Waals surface area contributed by atoms with Crippen molar-refractivity contribution in [3.63, 3.8) is 0 Å². The van der Waals surface area contributed by atoms with Gasteiger partial charge in [0.2, 0.25) is 0 Å². The van der Waals surface area contributed by atoms with E-state index in [1.165, 1.54) is 0 Å². The molecule has 0 amide bonds. The Balaban J connectivity index is 1.94. The minimum absolute atomic E-state index is 0.0227. The van der Waals surface area contributed by atoms with E-state index in [4.69, 9.17) is 11.6 Å². The van der Waals surface area contributed by atoms with Crippen molar-refractivity contribution in [1.29, 1.82) is 0 Å². The van der Waals surface area contributed by atoms with Crippen molar-refractivity contribution in [2.24, 2.45) is 5.92 Å². The minimum atomic E-state index is -0.272. The first-order valence-electron chi connectivity index (χ1n) is 8.10. The number of pyridine rings is 1. The van der Waals surface area contributed by atoms with Crippen LogP contribution in [0, 0.1) is 31.1 Å². The summed E-state index contributed by atoms with van der Waals surface area (Å²) in [6.45, 7) is 3.84. The molecule has 3 rings (SSSR count). The number of ketones is 1. The molecule has 0 saturated heterocycles. The Morgan fingerprint density at radius 2 is 2.00 bits per heavy atom. The lowest BCUT2D eigenvalue weighted by molar-refractivity contribution is -0.116. The second-order valence-corrected chi connectivity index (χ2v) is 6.51. The fraction of sp³-hybridized carbons (Fsp3) is 0.238. The standard InChI is InChI=1S/C21H18ClNO2/c1-13-9-15(6-7-22)10-14(2)19(13)20-18(24)12-16(21(20)25)11-17-5-3-4-8-23-17/h3-5,8-10,16,24H,11-12H2,1-2H3. The lowest BCUT2D eigenvalue weighted by Crippen LogP contribution is -2.14. The number of Topliss-reactive ketones (excluding diaryl/α,β-unsaturated/α-hetero) is 1. The van der Waals surface area contributed by atoms with Crippen LogP contribution in [0.3, 0.4) is 0 Å². The number of benzene rings is 1. The normalized spacial score (nSPS) is 16.8. The number of aromatic nitrogens is 1. The molecule has 0 aliphatic heterocycles. The number of hydrogen-bond acceptors (Lipinski definition) is 3. The second kappa shape index (κ2) is 7.13.